The van der Waals surface area contributed by atoms with Gasteiger partial charge in [-0.15, -0.1) is 0 Å². The van der Waals surface area contributed by atoms with Crippen molar-refractivity contribution in [3.63, 3.8) is 0 Å². The Bertz CT molecular complexity index is 345. The fourth-order valence-corrected chi connectivity index (χ4v) is 1.37. The summed E-state index contributed by atoms with van der Waals surface area (Å²) in [5.41, 5.74) is 1.11. The van der Waals surface area contributed by atoms with Crippen LogP contribution in [0.15, 0.2) is 18.2 Å². The maximum Gasteiger partial charge on any atom is 0.150 e. The molecule has 0 aromatic heterocycles. The lowest BCUT2D eigenvalue weighted by Crippen LogP contribution is -2.01. The van der Waals surface area contributed by atoms with E-state index in [0.29, 0.717) is 22.4 Å². The topological polar surface area (TPSA) is 34.1 Å². The zero-order chi connectivity index (χ0) is 9.84. The number of aldehydes is 1. The molecule has 0 saturated carbocycles. The minimum Gasteiger partial charge on any atom is -0.300 e. The Morgan fingerprint density at radius 3 is 2.77 bits per heavy atom. The summed E-state index contributed by atoms with van der Waals surface area (Å²) in [6, 6.07) is 5.01. The van der Waals surface area contributed by atoms with Gasteiger partial charge in [0, 0.05) is 17.0 Å². The SMILES string of the molecule is CC(=O)Cc1c(Cl)cccc1C=O. The molecule has 0 heterocycles. The number of Topliss-reactive ketones (excluding diaryl/α,β-unsaturated/α-hetero) is 1. The third-order valence-electron chi connectivity index (χ3n) is 1.71. The van der Waals surface area contributed by atoms with E-state index in [2.05, 4.69) is 0 Å². The highest BCUT2D eigenvalue weighted by Crippen LogP contribution is 2.19. The Balaban J connectivity index is 3.14. The fourth-order valence-electron chi connectivity index (χ4n) is 1.12. The Labute approximate surface area is 81.5 Å². The highest BCUT2D eigenvalue weighted by Gasteiger charge is 2.07. The quantitative estimate of drug-likeness (QED) is 0.696. The summed E-state index contributed by atoms with van der Waals surface area (Å²) in [5, 5.41) is 0.472. The molecule has 0 bridgehead atoms. The molecule has 0 atom stereocenters. The summed E-state index contributed by atoms with van der Waals surface area (Å²) in [4.78, 5) is 21.5. The average molecular weight is 197 g/mol. The average Bonchev–Trinajstić information content (AvgIpc) is 2.08. The molecule has 0 unspecified atom stereocenters. The summed E-state index contributed by atoms with van der Waals surface area (Å²) < 4.78 is 0. The van der Waals surface area contributed by atoms with Gasteiger partial charge in [0.15, 0.2) is 0 Å². The van der Waals surface area contributed by atoms with Gasteiger partial charge in [-0.3, -0.25) is 9.59 Å². The number of ketones is 1. The lowest BCUT2D eigenvalue weighted by atomic mass is 10.0. The second kappa shape index (κ2) is 4.19. The van der Waals surface area contributed by atoms with Gasteiger partial charge in [-0.1, -0.05) is 23.7 Å². The van der Waals surface area contributed by atoms with Crippen LogP contribution in [0, 0.1) is 0 Å². The number of benzene rings is 1. The number of carbonyl (C=O) groups excluding carboxylic acids is 2. The maximum atomic E-state index is 10.9. The van der Waals surface area contributed by atoms with E-state index in [9.17, 15) is 9.59 Å². The fraction of sp³-hybridized carbons (Fsp3) is 0.200. The maximum absolute atomic E-state index is 10.9. The molecule has 0 aliphatic carbocycles. The molecule has 1 aromatic rings. The van der Waals surface area contributed by atoms with E-state index in [1.807, 2.05) is 0 Å². The lowest BCUT2D eigenvalue weighted by molar-refractivity contribution is -0.116. The van der Waals surface area contributed by atoms with Gasteiger partial charge in [0.25, 0.3) is 0 Å². The molecular weight excluding hydrogens is 188 g/mol. The summed E-state index contributed by atoms with van der Waals surface area (Å²) >= 11 is 5.84. The monoisotopic (exact) mass is 196 g/mol. The molecule has 0 spiro atoms. The molecule has 1 aromatic carbocycles. The minimum absolute atomic E-state index is 0.00352. The van der Waals surface area contributed by atoms with Crippen molar-refractivity contribution < 1.29 is 9.59 Å². The third-order valence-corrected chi connectivity index (χ3v) is 2.06. The Morgan fingerprint density at radius 2 is 2.23 bits per heavy atom. The summed E-state index contributed by atoms with van der Waals surface area (Å²) in [6.07, 6.45) is 0.928. The first-order chi connectivity index (χ1) is 6.15. The van der Waals surface area contributed by atoms with Crippen LogP contribution in [0.2, 0.25) is 5.02 Å². The van der Waals surface area contributed by atoms with E-state index in [-0.39, 0.29) is 12.2 Å². The summed E-state index contributed by atoms with van der Waals surface area (Å²) in [5.74, 6) is -0.00352. The van der Waals surface area contributed by atoms with Gasteiger partial charge in [-0.2, -0.15) is 0 Å². The number of hydrogen-bond donors (Lipinski definition) is 0. The van der Waals surface area contributed by atoms with E-state index in [0.717, 1.165) is 0 Å². The predicted molar refractivity (Wildman–Crippen MR) is 51.2 cm³/mol. The Kier molecular flexibility index (Phi) is 3.20. The molecule has 68 valence electrons. The number of carbonyl (C=O) groups is 2. The van der Waals surface area contributed by atoms with Crippen molar-refractivity contribution in [3.8, 4) is 0 Å². The van der Waals surface area contributed by atoms with Gasteiger partial charge >= 0.3 is 0 Å². The van der Waals surface area contributed by atoms with Crippen LogP contribution in [0.4, 0.5) is 0 Å². The molecule has 0 saturated heterocycles. The van der Waals surface area contributed by atoms with Gasteiger partial charge in [0.2, 0.25) is 0 Å². The molecule has 0 radical (unpaired) electrons. The van der Waals surface area contributed by atoms with Crippen LogP contribution in [-0.2, 0) is 11.2 Å². The molecule has 3 heteroatoms. The lowest BCUT2D eigenvalue weighted by Gasteiger charge is -2.03. The zero-order valence-corrected chi connectivity index (χ0v) is 7.97. The van der Waals surface area contributed by atoms with Crippen LogP contribution in [0.25, 0.3) is 0 Å². The Hall–Kier alpha value is -1.15. The molecular formula is C10H9ClO2. The molecule has 0 fully saturated rings. The largest absolute Gasteiger partial charge is 0.300 e. The summed E-state index contributed by atoms with van der Waals surface area (Å²) in [7, 11) is 0. The zero-order valence-electron chi connectivity index (χ0n) is 7.21. The van der Waals surface area contributed by atoms with Crippen molar-refractivity contribution in [1.29, 1.82) is 0 Å². The van der Waals surface area contributed by atoms with Crippen LogP contribution in [0.3, 0.4) is 0 Å². The molecule has 0 N–H and O–H groups in total. The second-order valence-electron chi connectivity index (χ2n) is 2.80. The third kappa shape index (κ3) is 2.39. The first kappa shape index (κ1) is 9.93. The van der Waals surface area contributed by atoms with Gasteiger partial charge < -0.3 is 0 Å². The van der Waals surface area contributed by atoms with Crippen molar-refractivity contribution in [2.24, 2.45) is 0 Å². The van der Waals surface area contributed by atoms with Gasteiger partial charge in [0.05, 0.1) is 0 Å². The first-order valence-corrected chi connectivity index (χ1v) is 4.25. The van der Waals surface area contributed by atoms with Crippen molar-refractivity contribution in [3.05, 3.63) is 34.3 Å². The predicted octanol–water partition coefficient (Wildman–Crippen LogP) is 2.28. The van der Waals surface area contributed by atoms with Crippen LogP contribution in [0.1, 0.15) is 22.8 Å². The first-order valence-electron chi connectivity index (χ1n) is 3.87. The molecule has 2 nitrogen and oxygen atoms in total. The van der Waals surface area contributed by atoms with Crippen LogP contribution in [-0.4, -0.2) is 12.1 Å². The van der Waals surface area contributed by atoms with E-state index < -0.39 is 0 Å². The van der Waals surface area contributed by atoms with Gasteiger partial charge in [-0.05, 0) is 18.6 Å². The van der Waals surface area contributed by atoms with E-state index in [1.54, 1.807) is 18.2 Å². The van der Waals surface area contributed by atoms with Crippen LogP contribution >= 0.6 is 11.6 Å². The normalized spacial score (nSPS) is 9.69. The standard InChI is InChI=1S/C10H9ClO2/c1-7(13)5-9-8(6-12)3-2-4-10(9)11/h2-4,6H,5H2,1H3. The van der Waals surface area contributed by atoms with Crippen LogP contribution < -0.4 is 0 Å². The van der Waals surface area contributed by atoms with Gasteiger partial charge in [-0.25, -0.2) is 0 Å². The highest BCUT2D eigenvalue weighted by atomic mass is 35.5. The van der Waals surface area contributed by atoms with E-state index >= 15 is 0 Å². The number of rotatable bonds is 3. The van der Waals surface area contributed by atoms with Crippen molar-refractivity contribution in [2.75, 3.05) is 0 Å². The van der Waals surface area contributed by atoms with Crippen LogP contribution in [0.5, 0.6) is 0 Å². The summed E-state index contributed by atoms with van der Waals surface area (Å²) in [6.45, 7) is 1.47. The minimum atomic E-state index is -0.00352. The van der Waals surface area contributed by atoms with Gasteiger partial charge in [0.1, 0.15) is 12.1 Å². The number of hydrogen-bond acceptors (Lipinski definition) is 2. The highest BCUT2D eigenvalue weighted by molar-refractivity contribution is 6.31. The smallest absolute Gasteiger partial charge is 0.150 e. The van der Waals surface area contributed by atoms with Crippen molar-refractivity contribution >= 4 is 23.7 Å². The molecule has 0 aliphatic rings. The molecule has 0 amide bonds. The molecule has 13 heavy (non-hydrogen) atoms. The Morgan fingerprint density at radius 1 is 1.54 bits per heavy atom. The van der Waals surface area contributed by atoms with E-state index in [1.165, 1.54) is 6.92 Å². The van der Waals surface area contributed by atoms with E-state index in [4.69, 9.17) is 11.6 Å². The molecule has 1 rings (SSSR count). The second-order valence-corrected chi connectivity index (χ2v) is 3.21. The van der Waals surface area contributed by atoms with Crippen molar-refractivity contribution in [1.82, 2.24) is 0 Å². The number of halogens is 1. The molecule has 0 aliphatic heterocycles. The van der Waals surface area contributed by atoms with Crippen molar-refractivity contribution in [2.45, 2.75) is 13.3 Å².